The summed E-state index contributed by atoms with van der Waals surface area (Å²) in [6, 6.07) is 3.70. The number of hydrogen-bond donors (Lipinski definition) is 2. The van der Waals surface area contributed by atoms with Crippen molar-refractivity contribution < 1.29 is 4.74 Å². The quantitative estimate of drug-likeness (QED) is 0.427. The van der Waals surface area contributed by atoms with Crippen LogP contribution in [0, 0.1) is 5.92 Å². The lowest BCUT2D eigenvalue weighted by Crippen LogP contribution is -2.07. The molecule has 0 fully saturated rings. The van der Waals surface area contributed by atoms with Crippen LogP contribution in [0.1, 0.15) is 26.0 Å². The molecule has 1 rings (SSSR count). The van der Waals surface area contributed by atoms with Gasteiger partial charge in [-0.25, -0.2) is 0 Å². The van der Waals surface area contributed by atoms with Crippen LogP contribution in [0.2, 0.25) is 0 Å². The number of anilines is 1. The van der Waals surface area contributed by atoms with Gasteiger partial charge < -0.3 is 10.2 Å². The predicted octanol–water partition coefficient (Wildman–Crippen LogP) is 1.93. The largest absolute Gasteiger partial charge is 0.375 e. The smallest absolute Gasteiger partial charge is 0.0888 e. The number of nitrogens with zero attached hydrogens (tertiary/aromatic N) is 1. The number of hydrazine groups is 1. The molecule has 0 aliphatic heterocycles. The maximum Gasteiger partial charge on any atom is 0.0888 e. The Labute approximate surface area is 90.8 Å². The normalized spacial score (nSPS) is 10.7. The first-order valence-electron chi connectivity index (χ1n) is 5.21. The fourth-order valence-corrected chi connectivity index (χ4v) is 1.14. The van der Waals surface area contributed by atoms with Crippen molar-refractivity contribution in [3.8, 4) is 0 Å². The van der Waals surface area contributed by atoms with Crippen molar-refractivity contribution in [3.63, 3.8) is 0 Å². The molecule has 0 aromatic carbocycles. The number of nitrogens with two attached hydrogens (primary N) is 1. The molecule has 0 aliphatic rings. The Morgan fingerprint density at radius 2 is 2.33 bits per heavy atom. The van der Waals surface area contributed by atoms with Gasteiger partial charge in [0, 0.05) is 12.8 Å². The lowest BCUT2D eigenvalue weighted by atomic mass is 10.1. The van der Waals surface area contributed by atoms with Crippen LogP contribution in [0.4, 0.5) is 5.69 Å². The molecule has 84 valence electrons. The van der Waals surface area contributed by atoms with E-state index >= 15 is 0 Å². The van der Waals surface area contributed by atoms with E-state index in [2.05, 4.69) is 24.3 Å². The first-order valence-corrected chi connectivity index (χ1v) is 5.21. The van der Waals surface area contributed by atoms with Gasteiger partial charge in [-0.05, 0) is 24.5 Å². The van der Waals surface area contributed by atoms with Crippen LogP contribution in [0.25, 0.3) is 0 Å². The molecule has 1 heterocycles. The average molecular weight is 209 g/mol. The fourth-order valence-electron chi connectivity index (χ4n) is 1.14. The van der Waals surface area contributed by atoms with Crippen molar-refractivity contribution in [1.82, 2.24) is 4.98 Å². The van der Waals surface area contributed by atoms with Crippen molar-refractivity contribution in [2.75, 3.05) is 12.0 Å². The molecular weight excluding hydrogens is 190 g/mol. The molecule has 0 saturated carbocycles. The Hall–Kier alpha value is -1.13. The van der Waals surface area contributed by atoms with Crippen molar-refractivity contribution in [3.05, 3.63) is 24.0 Å². The predicted molar refractivity (Wildman–Crippen MR) is 61.2 cm³/mol. The van der Waals surface area contributed by atoms with E-state index < -0.39 is 0 Å². The molecule has 4 heteroatoms. The Kier molecular flexibility index (Phi) is 5.07. The van der Waals surface area contributed by atoms with Gasteiger partial charge in [-0.2, -0.15) is 0 Å². The van der Waals surface area contributed by atoms with E-state index in [0.29, 0.717) is 12.5 Å². The molecule has 1 aromatic rings. The maximum absolute atomic E-state index is 5.50. The van der Waals surface area contributed by atoms with E-state index in [9.17, 15) is 0 Å². The minimum absolute atomic E-state index is 0.544. The van der Waals surface area contributed by atoms with Crippen LogP contribution in [-0.2, 0) is 11.3 Å². The fraction of sp³-hybridized carbons (Fsp3) is 0.545. The summed E-state index contributed by atoms with van der Waals surface area (Å²) in [5, 5.41) is 0. The molecule has 0 radical (unpaired) electrons. The van der Waals surface area contributed by atoms with Crippen molar-refractivity contribution in [1.29, 1.82) is 0 Å². The second-order valence-electron chi connectivity index (χ2n) is 3.92. The van der Waals surface area contributed by atoms with Gasteiger partial charge in [0.15, 0.2) is 0 Å². The molecule has 3 N–H and O–H groups in total. The summed E-state index contributed by atoms with van der Waals surface area (Å²) in [5.41, 5.74) is 4.33. The minimum atomic E-state index is 0.544. The molecule has 0 atom stereocenters. The number of nitrogens with one attached hydrogen (secondary N) is 1. The molecule has 0 unspecified atom stereocenters. The van der Waals surface area contributed by atoms with Gasteiger partial charge in [-0.1, -0.05) is 13.8 Å². The molecule has 0 amide bonds. The molecule has 1 aromatic heterocycles. The number of rotatable bonds is 6. The minimum Gasteiger partial charge on any atom is -0.375 e. The van der Waals surface area contributed by atoms with Crippen LogP contribution in [0.15, 0.2) is 18.3 Å². The Balaban J connectivity index is 2.30. The standard InChI is InChI=1S/C11H19N3O/c1-9(2)4-6-15-8-11-7-10(14-12)3-5-13-11/h3,5,7,9H,4,6,8,12H2,1-2H3,(H,13,14). The van der Waals surface area contributed by atoms with Crippen molar-refractivity contribution in [2.24, 2.45) is 11.8 Å². The summed E-state index contributed by atoms with van der Waals surface area (Å²) < 4.78 is 5.50. The number of nitrogen functional groups attached to an aromatic ring is 1. The summed E-state index contributed by atoms with van der Waals surface area (Å²) in [6.45, 7) is 5.68. The van der Waals surface area contributed by atoms with E-state index in [1.165, 1.54) is 0 Å². The second kappa shape index (κ2) is 6.37. The van der Waals surface area contributed by atoms with Gasteiger partial charge >= 0.3 is 0 Å². The second-order valence-corrected chi connectivity index (χ2v) is 3.92. The van der Waals surface area contributed by atoms with Crippen LogP contribution in [-0.4, -0.2) is 11.6 Å². The number of aromatic nitrogens is 1. The van der Waals surface area contributed by atoms with E-state index in [1.54, 1.807) is 6.20 Å². The van der Waals surface area contributed by atoms with Crippen LogP contribution in [0.3, 0.4) is 0 Å². The average Bonchev–Trinajstić information content (AvgIpc) is 2.24. The van der Waals surface area contributed by atoms with Crippen LogP contribution < -0.4 is 11.3 Å². The molecule has 0 bridgehead atoms. The Morgan fingerprint density at radius 1 is 1.53 bits per heavy atom. The lowest BCUT2D eigenvalue weighted by molar-refractivity contribution is 0.108. The van der Waals surface area contributed by atoms with Gasteiger partial charge in [0.25, 0.3) is 0 Å². The van der Waals surface area contributed by atoms with Crippen LogP contribution in [0.5, 0.6) is 0 Å². The van der Waals surface area contributed by atoms with E-state index in [4.69, 9.17) is 10.6 Å². The van der Waals surface area contributed by atoms with Gasteiger partial charge in [0.1, 0.15) is 0 Å². The zero-order valence-electron chi connectivity index (χ0n) is 9.36. The number of pyridine rings is 1. The molecule has 4 nitrogen and oxygen atoms in total. The highest BCUT2D eigenvalue weighted by atomic mass is 16.5. The third-order valence-corrected chi connectivity index (χ3v) is 2.07. The first kappa shape index (κ1) is 11.9. The zero-order chi connectivity index (χ0) is 11.1. The highest BCUT2D eigenvalue weighted by Gasteiger charge is 1.98. The van der Waals surface area contributed by atoms with Gasteiger partial charge in [-0.15, -0.1) is 0 Å². The molecule has 0 saturated heterocycles. The number of ether oxygens (including phenoxy) is 1. The van der Waals surface area contributed by atoms with Gasteiger partial charge in [-0.3, -0.25) is 10.8 Å². The van der Waals surface area contributed by atoms with Crippen LogP contribution >= 0.6 is 0 Å². The molecule has 15 heavy (non-hydrogen) atoms. The maximum atomic E-state index is 5.50. The highest BCUT2D eigenvalue weighted by molar-refractivity contribution is 5.41. The monoisotopic (exact) mass is 209 g/mol. The third-order valence-electron chi connectivity index (χ3n) is 2.07. The van der Waals surface area contributed by atoms with E-state index in [0.717, 1.165) is 24.4 Å². The van der Waals surface area contributed by atoms with Crippen molar-refractivity contribution >= 4 is 5.69 Å². The van der Waals surface area contributed by atoms with Crippen molar-refractivity contribution in [2.45, 2.75) is 26.9 Å². The van der Waals surface area contributed by atoms with E-state index in [-0.39, 0.29) is 0 Å². The highest BCUT2D eigenvalue weighted by Crippen LogP contribution is 2.07. The molecule has 0 aliphatic carbocycles. The van der Waals surface area contributed by atoms with Gasteiger partial charge in [0.05, 0.1) is 18.0 Å². The molecular formula is C11H19N3O. The lowest BCUT2D eigenvalue weighted by Gasteiger charge is -2.07. The first-order chi connectivity index (χ1) is 7.22. The third kappa shape index (κ3) is 4.76. The topological polar surface area (TPSA) is 60.2 Å². The summed E-state index contributed by atoms with van der Waals surface area (Å²) in [7, 11) is 0. The van der Waals surface area contributed by atoms with E-state index in [1.807, 2.05) is 12.1 Å². The zero-order valence-corrected chi connectivity index (χ0v) is 9.36. The SMILES string of the molecule is CC(C)CCOCc1cc(NN)ccn1. The van der Waals surface area contributed by atoms with Gasteiger partial charge in [0.2, 0.25) is 0 Å². The Morgan fingerprint density at radius 3 is 3.00 bits per heavy atom. The summed E-state index contributed by atoms with van der Waals surface area (Å²) in [6.07, 6.45) is 2.80. The summed E-state index contributed by atoms with van der Waals surface area (Å²) in [4.78, 5) is 4.18. The summed E-state index contributed by atoms with van der Waals surface area (Å²) >= 11 is 0. The summed E-state index contributed by atoms with van der Waals surface area (Å²) in [5.74, 6) is 5.97. The Bertz CT molecular complexity index is 289. The molecule has 0 spiro atoms. The number of hydrogen-bond acceptors (Lipinski definition) is 4.